The number of thioether (sulfide) groups is 1. The first-order valence-corrected chi connectivity index (χ1v) is 12.0. The number of nitriles is 1. The number of amides is 1. The van der Waals surface area contributed by atoms with Crippen molar-refractivity contribution in [2.24, 2.45) is 4.99 Å². The van der Waals surface area contributed by atoms with Gasteiger partial charge in [0.15, 0.2) is 15.0 Å². The quantitative estimate of drug-likeness (QED) is 0.722. The second kappa shape index (κ2) is 8.13. The highest BCUT2D eigenvalue weighted by molar-refractivity contribution is 8.16. The number of hydrogen-bond acceptors (Lipinski definition) is 6. The number of hydrogen-bond donors (Lipinski definition) is 0. The molecular formula is C19H24N4O3S2. The lowest BCUT2D eigenvalue weighted by Crippen LogP contribution is -2.38. The van der Waals surface area contributed by atoms with Gasteiger partial charge in [-0.05, 0) is 44.5 Å². The molecule has 28 heavy (non-hydrogen) atoms. The minimum absolute atomic E-state index is 0.0490. The van der Waals surface area contributed by atoms with Gasteiger partial charge in [-0.2, -0.15) is 10.3 Å². The molecule has 2 heterocycles. The first-order valence-electron chi connectivity index (χ1n) is 9.30. The van der Waals surface area contributed by atoms with E-state index >= 15 is 0 Å². The Kier molecular flexibility index (Phi) is 6.01. The Morgan fingerprint density at radius 3 is 2.68 bits per heavy atom. The number of carbonyl (C=O) groups excluding carboxylic acids is 1. The number of rotatable bonds is 5. The van der Waals surface area contributed by atoms with Gasteiger partial charge in [0.2, 0.25) is 0 Å². The second-order valence-electron chi connectivity index (χ2n) is 6.94. The summed E-state index contributed by atoms with van der Waals surface area (Å²) in [4.78, 5) is 20.2. The van der Waals surface area contributed by atoms with Crippen LogP contribution in [0.3, 0.4) is 0 Å². The molecule has 1 amide bonds. The molecule has 0 radical (unpaired) electrons. The molecule has 3 rings (SSSR count). The Morgan fingerprint density at radius 1 is 1.36 bits per heavy atom. The molecule has 150 valence electrons. The van der Waals surface area contributed by atoms with Crippen molar-refractivity contribution in [2.45, 2.75) is 38.5 Å². The van der Waals surface area contributed by atoms with Gasteiger partial charge >= 0.3 is 0 Å². The summed E-state index contributed by atoms with van der Waals surface area (Å²) in [6.07, 6.45) is -0.286. The van der Waals surface area contributed by atoms with E-state index in [2.05, 4.69) is 29.8 Å². The van der Waals surface area contributed by atoms with Gasteiger partial charge in [-0.25, -0.2) is 8.42 Å². The zero-order chi connectivity index (χ0) is 20.5. The van der Waals surface area contributed by atoms with Crippen LogP contribution < -0.4 is 9.80 Å². The maximum absolute atomic E-state index is 12.2. The molecule has 9 heteroatoms. The topological polar surface area (TPSA) is 93.8 Å². The third-order valence-electron chi connectivity index (χ3n) is 5.09. The van der Waals surface area contributed by atoms with Crippen LogP contribution in [0.15, 0.2) is 23.2 Å². The third-order valence-corrected chi connectivity index (χ3v) is 8.30. The number of aryl methyl sites for hydroxylation is 1. The van der Waals surface area contributed by atoms with Crippen LogP contribution in [0.1, 0.15) is 25.8 Å². The van der Waals surface area contributed by atoms with Crippen LogP contribution in [0.25, 0.3) is 0 Å². The van der Waals surface area contributed by atoms with E-state index in [1.54, 1.807) is 0 Å². The number of amidine groups is 1. The summed E-state index contributed by atoms with van der Waals surface area (Å²) >= 11 is 1.32. The van der Waals surface area contributed by atoms with Gasteiger partial charge in [-0.1, -0.05) is 11.8 Å². The van der Waals surface area contributed by atoms with Crippen molar-refractivity contribution >= 4 is 44.0 Å². The van der Waals surface area contributed by atoms with Gasteiger partial charge in [0.05, 0.1) is 23.6 Å². The SMILES string of the molecule is CCN(CC)c1ccc(N2C(=NC(=O)CC#N)S[C@H]3CS(=O)(=O)C[C@H]32)c(C)c1. The van der Waals surface area contributed by atoms with Crippen LogP contribution >= 0.6 is 11.8 Å². The molecule has 1 aromatic rings. The molecule has 0 aliphatic carbocycles. The number of sulfone groups is 1. The van der Waals surface area contributed by atoms with E-state index in [-0.39, 0.29) is 29.2 Å². The van der Waals surface area contributed by atoms with Crippen molar-refractivity contribution in [3.05, 3.63) is 23.8 Å². The monoisotopic (exact) mass is 420 g/mol. The summed E-state index contributed by atoms with van der Waals surface area (Å²) in [5.74, 6) is -0.371. The van der Waals surface area contributed by atoms with E-state index < -0.39 is 15.7 Å². The highest BCUT2D eigenvalue weighted by Gasteiger charge is 2.49. The molecule has 0 unspecified atom stereocenters. The Bertz CT molecular complexity index is 948. The molecule has 2 fully saturated rings. The third kappa shape index (κ3) is 4.03. The highest BCUT2D eigenvalue weighted by atomic mass is 32.2. The lowest BCUT2D eigenvalue weighted by atomic mass is 10.1. The average molecular weight is 421 g/mol. The Morgan fingerprint density at radius 2 is 2.07 bits per heavy atom. The van der Waals surface area contributed by atoms with Gasteiger partial charge in [-0.15, -0.1) is 0 Å². The largest absolute Gasteiger partial charge is 0.372 e. The summed E-state index contributed by atoms with van der Waals surface area (Å²) < 4.78 is 24.3. The predicted octanol–water partition coefficient (Wildman–Crippen LogP) is 2.36. The first kappa shape index (κ1) is 20.7. The van der Waals surface area contributed by atoms with E-state index in [1.165, 1.54) is 11.8 Å². The molecule has 7 nitrogen and oxygen atoms in total. The van der Waals surface area contributed by atoms with E-state index in [4.69, 9.17) is 5.26 Å². The van der Waals surface area contributed by atoms with E-state index in [0.29, 0.717) is 5.17 Å². The number of carbonyl (C=O) groups is 1. The van der Waals surface area contributed by atoms with E-state index in [9.17, 15) is 13.2 Å². The summed E-state index contributed by atoms with van der Waals surface area (Å²) in [5, 5.41) is 9.09. The normalized spacial score (nSPS) is 24.2. The minimum atomic E-state index is -3.11. The smallest absolute Gasteiger partial charge is 0.262 e. The molecular weight excluding hydrogens is 396 g/mol. The molecule has 0 aromatic heterocycles. The molecule has 0 bridgehead atoms. The molecule has 0 N–H and O–H groups in total. The van der Waals surface area contributed by atoms with Crippen LogP contribution in [0, 0.1) is 18.3 Å². The molecule has 2 saturated heterocycles. The fraction of sp³-hybridized carbons (Fsp3) is 0.526. The number of benzene rings is 1. The minimum Gasteiger partial charge on any atom is -0.372 e. The van der Waals surface area contributed by atoms with Gasteiger partial charge in [0.1, 0.15) is 6.42 Å². The van der Waals surface area contributed by atoms with Crippen molar-refractivity contribution in [1.29, 1.82) is 5.26 Å². The van der Waals surface area contributed by atoms with Gasteiger partial charge in [0, 0.05) is 29.7 Å². The number of aliphatic imine (C=N–C) groups is 1. The van der Waals surface area contributed by atoms with Gasteiger partial charge in [-0.3, -0.25) is 4.79 Å². The van der Waals surface area contributed by atoms with E-state index in [0.717, 1.165) is 30.0 Å². The summed E-state index contributed by atoms with van der Waals surface area (Å²) in [6, 6.07) is 7.64. The maximum atomic E-state index is 12.2. The van der Waals surface area contributed by atoms with Crippen molar-refractivity contribution in [3.8, 4) is 6.07 Å². The van der Waals surface area contributed by atoms with Crippen LogP contribution in [0.4, 0.5) is 11.4 Å². The Hall–Kier alpha value is -2.05. The maximum Gasteiger partial charge on any atom is 0.262 e. The molecule has 2 aliphatic heterocycles. The van der Waals surface area contributed by atoms with Crippen molar-refractivity contribution < 1.29 is 13.2 Å². The number of nitrogens with zero attached hydrogens (tertiary/aromatic N) is 4. The van der Waals surface area contributed by atoms with Crippen LogP contribution in [0.2, 0.25) is 0 Å². The fourth-order valence-electron chi connectivity index (χ4n) is 3.76. The Labute approximate surface area is 170 Å². The molecule has 2 atom stereocenters. The zero-order valence-electron chi connectivity index (χ0n) is 16.3. The molecule has 0 saturated carbocycles. The molecule has 0 spiro atoms. The van der Waals surface area contributed by atoms with Crippen LogP contribution in [-0.2, 0) is 14.6 Å². The predicted molar refractivity (Wildman–Crippen MR) is 114 cm³/mol. The average Bonchev–Trinajstić information content (AvgIpc) is 3.08. The number of fused-ring (bicyclic) bond motifs is 1. The van der Waals surface area contributed by atoms with Crippen molar-refractivity contribution in [2.75, 3.05) is 34.4 Å². The lowest BCUT2D eigenvalue weighted by molar-refractivity contribution is -0.116. The van der Waals surface area contributed by atoms with Gasteiger partial charge in [0.25, 0.3) is 5.91 Å². The van der Waals surface area contributed by atoms with Crippen molar-refractivity contribution in [3.63, 3.8) is 0 Å². The Balaban J connectivity index is 2.02. The molecule has 1 aromatic carbocycles. The summed E-state index contributed by atoms with van der Waals surface area (Å²) in [7, 11) is -3.11. The highest BCUT2D eigenvalue weighted by Crippen LogP contribution is 2.42. The summed E-state index contributed by atoms with van der Waals surface area (Å²) in [6.45, 7) is 7.98. The summed E-state index contributed by atoms with van der Waals surface area (Å²) in [5.41, 5.74) is 2.96. The second-order valence-corrected chi connectivity index (χ2v) is 10.3. The van der Waals surface area contributed by atoms with Gasteiger partial charge < -0.3 is 9.80 Å². The van der Waals surface area contributed by atoms with Crippen LogP contribution in [-0.4, -0.2) is 55.4 Å². The lowest BCUT2D eigenvalue weighted by Gasteiger charge is -2.28. The molecule has 2 aliphatic rings. The van der Waals surface area contributed by atoms with E-state index in [1.807, 2.05) is 30.0 Å². The fourth-order valence-corrected chi connectivity index (χ4v) is 7.68. The van der Waals surface area contributed by atoms with Crippen molar-refractivity contribution in [1.82, 2.24) is 0 Å². The standard InChI is InChI=1S/C19H24N4O3S2/c1-4-22(5-2)14-6-7-15(13(3)10-14)23-16-11-28(25,26)12-17(16)27-19(23)21-18(24)8-9-20/h6-7,10,16-17H,4-5,8,11-12H2,1-3H3/t16-,17+/m1/s1. The van der Waals surface area contributed by atoms with Crippen LogP contribution in [0.5, 0.6) is 0 Å². The first-order chi connectivity index (χ1) is 13.3. The zero-order valence-corrected chi connectivity index (χ0v) is 17.9. The number of anilines is 2.